The highest BCUT2D eigenvalue weighted by atomic mass is 32.2. The maximum atomic E-state index is 13.2. The average molecular weight is 385 g/mol. The van der Waals surface area contributed by atoms with Gasteiger partial charge in [0, 0.05) is 12.3 Å². The van der Waals surface area contributed by atoms with Crippen molar-refractivity contribution in [2.75, 3.05) is 6.26 Å². The maximum absolute atomic E-state index is 13.2. The summed E-state index contributed by atoms with van der Waals surface area (Å²) in [6.45, 7) is 3.34. The van der Waals surface area contributed by atoms with Crippen LogP contribution < -0.4 is 4.72 Å². The van der Waals surface area contributed by atoms with E-state index in [0.29, 0.717) is 17.5 Å². The van der Waals surface area contributed by atoms with Crippen LogP contribution in [-0.2, 0) is 19.9 Å². The number of sulfone groups is 1. The van der Waals surface area contributed by atoms with Gasteiger partial charge in [0.15, 0.2) is 9.84 Å². The first kappa shape index (κ1) is 19.6. The summed E-state index contributed by atoms with van der Waals surface area (Å²) in [6, 6.07) is 9.04. The zero-order valence-electron chi connectivity index (χ0n) is 14.2. The van der Waals surface area contributed by atoms with E-state index in [1.54, 1.807) is 12.1 Å². The minimum Gasteiger partial charge on any atom is -0.224 e. The molecule has 0 heterocycles. The Labute approximate surface area is 147 Å². The molecule has 5 nitrogen and oxygen atoms in total. The van der Waals surface area contributed by atoms with Crippen molar-refractivity contribution < 1.29 is 21.2 Å². The molecule has 0 bridgehead atoms. The molecule has 0 amide bonds. The van der Waals surface area contributed by atoms with E-state index in [1.807, 2.05) is 6.92 Å². The highest BCUT2D eigenvalue weighted by Crippen LogP contribution is 2.23. The maximum Gasteiger partial charge on any atom is 0.241 e. The van der Waals surface area contributed by atoms with Crippen LogP contribution in [0.3, 0.4) is 0 Å². The lowest BCUT2D eigenvalue weighted by molar-refractivity contribution is 0.548. The van der Waals surface area contributed by atoms with Crippen molar-refractivity contribution in [3.63, 3.8) is 0 Å². The van der Waals surface area contributed by atoms with Crippen LogP contribution in [0.2, 0.25) is 0 Å². The first-order valence-electron chi connectivity index (χ1n) is 7.63. The van der Waals surface area contributed by atoms with Crippen LogP contribution in [-0.4, -0.2) is 23.1 Å². The lowest BCUT2D eigenvalue weighted by atomic mass is 10.1. The number of benzene rings is 2. The van der Waals surface area contributed by atoms with Crippen LogP contribution in [0.4, 0.5) is 4.39 Å². The topological polar surface area (TPSA) is 80.3 Å². The largest absolute Gasteiger partial charge is 0.241 e. The molecule has 8 heteroatoms. The van der Waals surface area contributed by atoms with E-state index >= 15 is 0 Å². The monoisotopic (exact) mass is 385 g/mol. The molecule has 2 aromatic carbocycles. The molecule has 0 fully saturated rings. The second-order valence-electron chi connectivity index (χ2n) is 5.83. The predicted molar refractivity (Wildman–Crippen MR) is 94.0 cm³/mol. The minimum absolute atomic E-state index is 0.0140. The number of rotatable bonds is 6. The van der Waals surface area contributed by atoms with Crippen molar-refractivity contribution in [1.29, 1.82) is 0 Å². The smallest absolute Gasteiger partial charge is 0.224 e. The minimum atomic E-state index is -3.84. The van der Waals surface area contributed by atoms with Crippen molar-refractivity contribution in [2.24, 2.45) is 0 Å². The van der Waals surface area contributed by atoms with Crippen molar-refractivity contribution in [1.82, 2.24) is 4.72 Å². The lowest BCUT2D eigenvalue weighted by Crippen LogP contribution is -2.29. The van der Waals surface area contributed by atoms with E-state index in [4.69, 9.17) is 0 Å². The molecule has 0 aromatic heterocycles. The Balaban J connectivity index is 2.32. The molecule has 0 spiro atoms. The molecule has 0 aliphatic carbocycles. The van der Waals surface area contributed by atoms with E-state index in [-0.39, 0.29) is 9.79 Å². The van der Waals surface area contributed by atoms with Gasteiger partial charge < -0.3 is 0 Å². The quantitative estimate of drug-likeness (QED) is 0.829. The fraction of sp³-hybridized carbons (Fsp3) is 0.294. The highest BCUT2D eigenvalue weighted by Gasteiger charge is 2.22. The summed E-state index contributed by atoms with van der Waals surface area (Å²) in [5.74, 6) is -0.500. The summed E-state index contributed by atoms with van der Waals surface area (Å²) in [5, 5.41) is 0. The summed E-state index contributed by atoms with van der Waals surface area (Å²) in [5.41, 5.74) is 0.966. The molecular weight excluding hydrogens is 365 g/mol. The molecule has 0 saturated carbocycles. The number of halogens is 1. The number of hydrogen-bond acceptors (Lipinski definition) is 4. The Kier molecular flexibility index (Phi) is 5.65. The summed E-state index contributed by atoms with van der Waals surface area (Å²) < 4.78 is 64.0. The molecule has 25 heavy (non-hydrogen) atoms. The van der Waals surface area contributed by atoms with Crippen molar-refractivity contribution in [3.8, 4) is 0 Å². The van der Waals surface area contributed by atoms with Crippen LogP contribution in [0.1, 0.15) is 30.5 Å². The van der Waals surface area contributed by atoms with Gasteiger partial charge in [0.25, 0.3) is 0 Å². The summed E-state index contributed by atoms with van der Waals surface area (Å²) in [4.78, 5) is 0.184. The number of nitrogens with one attached hydrogen (secondary N) is 1. The summed E-state index contributed by atoms with van der Waals surface area (Å²) in [7, 11) is -7.15. The molecule has 0 unspecified atom stereocenters. The van der Waals surface area contributed by atoms with Gasteiger partial charge in [-0.2, -0.15) is 0 Å². The Morgan fingerprint density at radius 2 is 1.64 bits per heavy atom. The molecule has 1 N–H and O–H groups in total. The Bertz CT molecular complexity index is 968. The van der Waals surface area contributed by atoms with Crippen LogP contribution in [0, 0.1) is 12.7 Å². The molecule has 136 valence electrons. The van der Waals surface area contributed by atoms with Gasteiger partial charge in [-0.3, -0.25) is 0 Å². The van der Waals surface area contributed by atoms with Crippen molar-refractivity contribution in [3.05, 3.63) is 59.4 Å². The van der Waals surface area contributed by atoms with Crippen LogP contribution in [0.15, 0.2) is 52.3 Å². The number of hydrogen-bond donors (Lipinski definition) is 1. The molecular formula is C17H20FNO4S2. The Morgan fingerprint density at radius 3 is 2.12 bits per heavy atom. The number of aryl methyl sites for hydroxylation is 1. The van der Waals surface area contributed by atoms with Crippen molar-refractivity contribution in [2.45, 2.75) is 36.1 Å². The Hall–Kier alpha value is -1.77. The van der Waals surface area contributed by atoms with Gasteiger partial charge in [0.2, 0.25) is 10.0 Å². The third kappa shape index (κ3) is 4.65. The summed E-state index contributed by atoms with van der Waals surface area (Å²) >= 11 is 0. The second-order valence-corrected chi connectivity index (χ2v) is 9.53. The zero-order chi connectivity index (χ0) is 18.8. The third-order valence-electron chi connectivity index (χ3n) is 3.84. The molecule has 2 aromatic rings. The first-order chi connectivity index (χ1) is 11.5. The fourth-order valence-electron chi connectivity index (χ4n) is 2.50. The first-order valence-corrected chi connectivity index (χ1v) is 11.0. The molecule has 0 radical (unpaired) electrons. The van der Waals surface area contributed by atoms with Gasteiger partial charge in [-0.25, -0.2) is 25.9 Å². The molecule has 0 saturated heterocycles. The average Bonchev–Trinajstić information content (AvgIpc) is 2.51. The predicted octanol–water partition coefficient (Wildman–Crippen LogP) is 2.97. The van der Waals surface area contributed by atoms with Crippen LogP contribution >= 0.6 is 0 Å². The van der Waals surface area contributed by atoms with E-state index in [1.165, 1.54) is 25.1 Å². The number of sulfonamides is 1. The SMILES string of the molecule is CC[C@@H](NS(=O)(=O)c1ccc(F)cc1C)c1ccc(S(C)(=O)=O)cc1. The van der Waals surface area contributed by atoms with E-state index < -0.39 is 31.7 Å². The van der Waals surface area contributed by atoms with E-state index in [9.17, 15) is 21.2 Å². The molecule has 1 atom stereocenters. The Morgan fingerprint density at radius 1 is 1.04 bits per heavy atom. The third-order valence-corrected chi connectivity index (χ3v) is 6.60. The van der Waals surface area contributed by atoms with Gasteiger partial charge in [-0.15, -0.1) is 0 Å². The van der Waals surface area contributed by atoms with Gasteiger partial charge in [-0.05, 0) is 54.8 Å². The van der Waals surface area contributed by atoms with Gasteiger partial charge in [-0.1, -0.05) is 19.1 Å². The van der Waals surface area contributed by atoms with Gasteiger partial charge in [0.05, 0.1) is 9.79 Å². The highest BCUT2D eigenvalue weighted by molar-refractivity contribution is 7.90. The lowest BCUT2D eigenvalue weighted by Gasteiger charge is -2.19. The van der Waals surface area contributed by atoms with E-state index in [2.05, 4.69) is 4.72 Å². The molecule has 0 aliphatic heterocycles. The van der Waals surface area contributed by atoms with E-state index in [0.717, 1.165) is 18.4 Å². The van der Waals surface area contributed by atoms with Crippen molar-refractivity contribution >= 4 is 19.9 Å². The molecule has 0 aliphatic rings. The second kappa shape index (κ2) is 7.23. The fourth-order valence-corrected chi connectivity index (χ4v) is 4.66. The zero-order valence-corrected chi connectivity index (χ0v) is 15.8. The van der Waals surface area contributed by atoms with Gasteiger partial charge in [0.1, 0.15) is 5.82 Å². The molecule has 2 rings (SSSR count). The van der Waals surface area contributed by atoms with Crippen LogP contribution in [0.5, 0.6) is 0 Å². The standard InChI is InChI=1S/C17H20FNO4S2/c1-4-16(13-5-8-15(9-6-13)24(3,20)21)19-25(22,23)17-10-7-14(18)11-12(17)2/h5-11,16,19H,4H2,1-3H3/t16-/m1/s1. The summed E-state index contributed by atoms with van der Waals surface area (Å²) in [6.07, 6.45) is 1.58. The van der Waals surface area contributed by atoms with Crippen LogP contribution in [0.25, 0.3) is 0 Å². The van der Waals surface area contributed by atoms with Gasteiger partial charge >= 0.3 is 0 Å². The normalized spacial score (nSPS) is 13.6.